The van der Waals surface area contributed by atoms with Gasteiger partial charge in [0.2, 0.25) is 0 Å². The van der Waals surface area contributed by atoms with E-state index in [9.17, 15) is 14.0 Å². The Morgan fingerprint density at radius 3 is 2.46 bits per heavy atom. The number of para-hydroxylation sites is 1. The van der Waals surface area contributed by atoms with E-state index >= 15 is 0 Å². The first kappa shape index (κ1) is 17.7. The lowest BCUT2D eigenvalue weighted by Crippen LogP contribution is -2.41. The van der Waals surface area contributed by atoms with Crippen LogP contribution in [0.4, 0.5) is 9.18 Å². The van der Waals surface area contributed by atoms with Crippen LogP contribution < -0.4 is 14.8 Å². The van der Waals surface area contributed by atoms with Gasteiger partial charge in [0, 0.05) is 0 Å². The van der Waals surface area contributed by atoms with Gasteiger partial charge in [0.05, 0.1) is 13.7 Å². The molecule has 0 aromatic heterocycles. The molecule has 6 nitrogen and oxygen atoms in total. The molecule has 0 unspecified atom stereocenters. The number of benzene rings is 2. The molecule has 1 atom stereocenters. The third kappa shape index (κ3) is 3.20. The van der Waals surface area contributed by atoms with E-state index in [-0.39, 0.29) is 24.8 Å². The van der Waals surface area contributed by atoms with Gasteiger partial charge in [-0.3, -0.25) is 9.69 Å². The SMILES string of the molecule is COc1ccc([C@@]2(C)NC(=O)N(CCOc3ccccc3F)C2=O)cc1. The van der Waals surface area contributed by atoms with Crippen molar-refractivity contribution in [3.63, 3.8) is 0 Å². The summed E-state index contributed by atoms with van der Waals surface area (Å²) >= 11 is 0. The lowest BCUT2D eigenvalue weighted by atomic mass is 9.92. The van der Waals surface area contributed by atoms with E-state index in [1.54, 1.807) is 50.4 Å². The Bertz CT molecular complexity index is 825. The van der Waals surface area contributed by atoms with E-state index in [0.717, 1.165) is 4.90 Å². The zero-order chi connectivity index (χ0) is 18.7. The van der Waals surface area contributed by atoms with E-state index < -0.39 is 17.4 Å². The van der Waals surface area contributed by atoms with E-state index in [2.05, 4.69) is 5.32 Å². The molecule has 0 bridgehead atoms. The van der Waals surface area contributed by atoms with E-state index in [1.165, 1.54) is 12.1 Å². The summed E-state index contributed by atoms with van der Waals surface area (Å²) in [5, 5.41) is 2.71. The minimum atomic E-state index is -1.17. The van der Waals surface area contributed by atoms with Gasteiger partial charge in [0.1, 0.15) is 17.9 Å². The van der Waals surface area contributed by atoms with Crippen LogP contribution in [-0.2, 0) is 10.3 Å². The van der Waals surface area contributed by atoms with Gasteiger partial charge in [-0.1, -0.05) is 24.3 Å². The number of hydrogen-bond acceptors (Lipinski definition) is 4. The van der Waals surface area contributed by atoms with Crippen molar-refractivity contribution < 1.29 is 23.5 Å². The third-order valence-electron chi connectivity index (χ3n) is 4.35. The van der Waals surface area contributed by atoms with Crippen LogP contribution in [0, 0.1) is 5.82 Å². The van der Waals surface area contributed by atoms with Crippen molar-refractivity contribution in [1.29, 1.82) is 0 Å². The molecule has 3 rings (SSSR count). The molecule has 0 saturated carbocycles. The molecule has 1 aliphatic rings. The summed E-state index contributed by atoms with van der Waals surface area (Å²) in [7, 11) is 1.55. The van der Waals surface area contributed by atoms with Gasteiger partial charge in [0.15, 0.2) is 11.6 Å². The van der Waals surface area contributed by atoms with Crippen molar-refractivity contribution in [2.24, 2.45) is 0 Å². The number of amides is 3. The number of nitrogens with zero attached hydrogens (tertiary/aromatic N) is 1. The molecule has 2 aromatic rings. The average molecular weight is 358 g/mol. The fourth-order valence-corrected chi connectivity index (χ4v) is 2.83. The molecule has 1 fully saturated rings. The van der Waals surface area contributed by atoms with Crippen molar-refractivity contribution in [3.8, 4) is 11.5 Å². The number of carbonyl (C=O) groups excluding carboxylic acids is 2. The number of hydrogen-bond donors (Lipinski definition) is 1. The van der Waals surface area contributed by atoms with Crippen molar-refractivity contribution in [2.45, 2.75) is 12.5 Å². The fourth-order valence-electron chi connectivity index (χ4n) is 2.83. The van der Waals surface area contributed by atoms with Crippen LogP contribution >= 0.6 is 0 Å². The predicted molar refractivity (Wildman–Crippen MR) is 92.5 cm³/mol. The molecule has 0 aliphatic carbocycles. The van der Waals surface area contributed by atoms with Gasteiger partial charge in [-0.15, -0.1) is 0 Å². The molecule has 26 heavy (non-hydrogen) atoms. The van der Waals surface area contributed by atoms with Gasteiger partial charge < -0.3 is 14.8 Å². The maximum Gasteiger partial charge on any atom is 0.325 e. The Morgan fingerprint density at radius 1 is 1.12 bits per heavy atom. The number of carbonyl (C=O) groups is 2. The highest BCUT2D eigenvalue weighted by Gasteiger charge is 2.48. The minimum absolute atomic E-state index is 0.00120. The lowest BCUT2D eigenvalue weighted by molar-refractivity contribution is -0.131. The predicted octanol–water partition coefficient (Wildman–Crippen LogP) is 2.68. The zero-order valence-electron chi connectivity index (χ0n) is 14.5. The Balaban J connectivity index is 1.69. The molecule has 0 radical (unpaired) electrons. The van der Waals surface area contributed by atoms with Crippen LogP contribution in [0.5, 0.6) is 11.5 Å². The highest BCUT2D eigenvalue weighted by atomic mass is 19.1. The molecule has 1 heterocycles. The zero-order valence-corrected chi connectivity index (χ0v) is 14.5. The van der Waals surface area contributed by atoms with Crippen molar-refractivity contribution in [1.82, 2.24) is 10.2 Å². The first-order valence-electron chi connectivity index (χ1n) is 8.11. The van der Waals surface area contributed by atoms with E-state index in [4.69, 9.17) is 9.47 Å². The molecule has 1 saturated heterocycles. The Kier molecular flexibility index (Phi) is 4.79. The number of nitrogens with one attached hydrogen (secondary N) is 1. The van der Waals surface area contributed by atoms with Crippen LogP contribution in [0.1, 0.15) is 12.5 Å². The Hall–Kier alpha value is -3.09. The standard InChI is InChI=1S/C19H19FN2O4/c1-19(13-7-9-14(25-2)10-8-13)17(23)22(18(24)21-19)11-12-26-16-6-4-3-5-15(16)20/h3-10H,11-12H2,1-2H3,(H,21,24)/t19-/m1/s1. The monoisotopic (exact) mass is 358 g/mol. The number of imide groups is 1. The molecule has 1 aliphatic heterocycles. The maximum absolute atomic E-state index is 13.6. The molecular weight excluding hydrogens is 339 g/mol. The summed E-state index contributed by atoms with van der Waals surface area (Å²) < 4.78 is 24.0. The average Bonchev–Trinajstić information content (AvgIpc) is 2.87. The second-order valence-electron chi connectivity index (χ2n) is 6.02. The van der Waals surface area contributed by atoms with Crippen LogP contribution in [0.3, 0.4) is 0 Å². The summed E-state index contributed by atoms with van der Waals surface area (Å²) in [6.45, 7) is 1.66. The molecular formula is C19H19FN2O4. The molecule has 0 spiro atoms. The first-order chi connectivity index (χ1) is 12.5. The van der Waals surface area contributed by atoms with Crippen molar-refractivity contribution in [2.75, 3.05) is 20.3 Å². The maximum atomic E-state index is 13.6. The van der Waals surface area contributed by atoms with Crippen LogP contribution in [0.2, 0.25) is 0 Å². The molecule has 2 aromatic carbocycles. The number of urea groups is 1. The van der Waals surface area contributed by atoms with Gasteiger partial charge >= 0.3 is 6.03 Å². The number of halogens is 1. The summed E-state index contributed by atoms with van der Waals surface area (Å²) in [5.41, 5.74) is -0.518. The van der Waals surface area contributed by atoms with Crippen LogP contribution in [0.25, 0.3) is 0 Å². The highest BCUT2D eigenvalue weighted by Crippen LogP contribution is 2.30. The summed E-state index contributed by atoms with van der Waals surface area (Å²) in [6.07, 6.45) is 0. The normalized spacial score (nSPS) is 19.4. The molecule has 3 amide bonds. The third-order valence-corrected chi connectivity index (χ3v) is 4.35. The summed E-state index contributed by atoms with van der Waals surface area (Å²) in [6, 6.07) is 12.4. The first-order valence-corrected chi connectivity index (χ1v) is 8.11. The van der Waals surface area contributed by atoms with Gasteiger partial charge in [0.25, 0.3) is 5.91 Å². The minimum Gasteiger partial charge on any atom is -0.497 e. The fraction of sp³-hybridized carbons (Fsp3) is 0.263. The highest BCUT2D eigenvalue weighted by molar-refractivity contribution is 6.07. The quantitative estimate of drug-likeness (QED) is 0.806. The molecule has 136 valence electrons. The molecule has 7 heteroatoms. The number of rotatable bonds is 6. The number of ether oxygens (including phenoxy) is 2. The van der Waals surface area contributed by atoms with Crippen LogP contribution in [-0.4, -0.2) is 37.1 Å². The Morgan fingerprint density at radius 2 is 1.81 bits per heavy atom. The molecule has 1 N–H and O–H groups in total. The largest absolute Gasteiger partial charge is 0.497 e. The lowest BCUT2D eigenvalue weighted by Gasteiger charge is -2.22. The van der Waals surface area contributed by atoms with Gasteiger partial charge in [-0.25, -0.2) is 9.18 Å². The van der Waals surface area contributed by atoms with E-state index in [0.29, 0.717) is 11.3 Å². The second-order valence-corrected chi connectivity index (χ2v) is 6.02. The smallest absolute Gasteiger partial charge is 0.325 e. The Labute approximate surface area is 150 Å². The van der Waals surface area contributed by atoms with Crippen molar-refractivity contribution in [3.05, 3.63) is 59.9 Å². The van der Waals surface area contributed by atoms with Crippen LogP contribution in [0.15, 0.2) is 48.5 Å². The van der Waals surface area contributed by atoms with Crippen molar-refractivity contribution >= 4 is 11.9 Å². The summed E-state index contributed by atoms with van der Waals surface area (Å²) in [4.78, 5) is 26.1. The van der Waals surface area contributed by atoms with E-state index in [1.807, 2.05) is 0 Å². The second kappa shape index (κ2) is 7.03. The number of methoxy groups -OCH3 is 1. The topological polar surface area (TPSA) is 67.9 Å². The summed E-state index contributed by atoms with van der Waals surface area (Å²) in [5.74, 6) is -0.140. The van der Waals surface area contributed by atoms with Gasteiger partial charge in [-0.2, -0.15) is 0 Å². The van der Waals surface area contributed by atoms with Gasteiger partial charge in [-0.05, 0) is 36.8 Å².